The zero-order valence-corrected chi connectivity index (χ0v) is 8.38. The predicted octanol–water partition coefficient (Wildman–Crippen LogP) is 2.26. The monoisotopic (exact) mass is 271 g/mol. The van der Waals surface area contributed by atoms with Gasteiger partial charge in [-0.2, -0.15) is 0 Å². The Morgan fingerprint density at radius 2 is 2.17 bits per heavy atom. The van der Waals surface area contributed by atoms with Crippen LogP contribution in [0.3, 0.4) is 0 Å². The topological polar surface area (TPSA) is 29.1 Å². The first-order valence-electron chi connectivity index (χ1n) is 3.49. The lowest BCUT2D eigenvalue weighted by atomic mass is 10.1. The van der Waals surface area contributed by atoms with Gasteiger partial charge in [-0.15, -0.1) is 0 Å². The molecule has 0 saturated carbocycles. The van der Waals surface area contributed by atoms with E-state index in [1.54, 1.807) is 0 Å². The van der Waals surface area contributed by atoms with E-state index in [0.29, 0.717) is 5.57 Å². The van der Waals surface area contributed by atoms with E-state index in [0.717, 1.165) is 14.8 Å². The Kier molecular flexibility index (Phi) is 1.68. The number of hydrogen-bond donors (Lipinski definition) is 1. The second-order valence-corrected chi connectivity index (χ2v) is 3.76. The molecule has 1 aromatic carbocycles. The van der Waals surface area contributed by atoms with Crippen molar-refractivity contribution in [2.75, 3.05) is 5.32 Å². The normalized spacial score (nSPS) is 14.4. The van der Waals surface area contributed by atoms with Crippen molar-refractivity contribution in [3.63, 3.8) is 0 Å². The summed E-state index contributed by atoms with van der Waals surface area (Å²) in [7, 11) is 0. The van der Waals surface area contributed by atoms with E-state index in [1.807, 2.05) is 18.2 Å². The fraction of sp³-hybridized carbons (Fsp3) is 0. The number of nitrogens with one attached hydrogen (secondary N) is 1. The summed E-state index contributed by atoms with van der Waals surface area (Å²) in [5.41, 5.74) is 2.38. The van der Waals surface area contributed by atoms with Gasteiger partial charge in [-0.1, -0.05) is 18.7 Å². The zero-order chi connectivity index (χ0) is 8.72. The molecular formula is C9H6INO. The quantitative estimate of drug-likeness (QED) is 0.569. The average molecular weight is 271 g/mol. The highest BCUT2D eigenvalue weighted by Crippen LogP contribution is 2.33. The third-order valence-electron chi connectivity index (χ3n) is 1.85. The maximum absolute atomic E-state index is 11.2. The van der Waals surface area contributed by atoms with Crippen LogP contribution in [0.15, 0.2) is 24.8 Å². The number of benzene rings is 1. The van der Waals surface area contributed by atoms with Crippen LogP contribution < -0.4 is 5.32 Å². The molecule has 1 aliphatic rings. The van der Waals surface area contributed by atoms with Gasteiger partial charge < -0.3 is 5.32 Å². The Bertz CT molecular complexity index is 384. The van der Waals surface area contributed by atoms with Gasteiger partial charge in [0.05, 0.1) is 5.69 Å². The van der Waals surface area contributed by atoms with Crippen molar-refractivity contribution in [3.05, 3.63) is 33.9 Å². The second-order valence-electron chi connectivity index (χ2n) is 2.60. The average Bonchev–Trinajstić information content (AvgIpc) is 2.32. The highest BCUT2D eigenvalue weighted by molar-refractivity contribution is 14.1. The minimum Gasteiger partial charge on any atom is -0.320 e. The van der Waals surface area contributed by atoms with Crippen LogP contribution in [-0.4, -0.2) is 5.91 Å². The highest BCUT2D eigenvalue weighted by Gasteiger charge is 2.23. The Morgan fingerprint density at radius 3 is 2.83 bits per heavy atom. The van der Waals surface area contributed by atoms with Crippen LogP contribution in [0.5, 0.6) is 0 Å². The maximum Gasteiger partial charge on any atom is 0.255 e. The van der Waals surface area contributed by atoms with Crippen LogP contribution >= 0.6 is 22.6 Å². The molecule has 12 heavy (non-hydrogen) atoms. The lowest BCUT2D eigenvalue weighted by Crippen LogP contribution is -2.03. The number of halogens is 1. The van der Waals surface area contributed by atoms with Crippen LogP contribution in [-0.2, 0) is 4.79 Å². The molecule has 1 heterocycles. The summed E-state index contributed by atoms with van der Waals surface area (Å²) >= 11 is 2.19. The van der Waals surface area contributed by atoms with Crippen LogP contribution in [0.25, 0.3) is 5.57 Å². The summed E-state index contributed by atoms with van der Waals surface area (Å²) < 4.78 is 1.05. The summed E-state index contributed by atoms with van der Waals surface area (Å²) in [6.45, 7) is 3.70. The lowest BCUT2D eigenvalue weighted by molar-refractivity contribution is -0.110. The molecule has 0 saturated heterocycles. The molecule has 1 N–H and O–H groups in total. The Morgan fingerprint density at radius 1 is 1.42 bits per heavy atom. The van der Waals surface area contributed by atoms with Crippen molar-refractivity contribution in [2.24, 2.45) is 0 Å². The van der Waals surface area contributed by atoms with Crippen LogP contribution in [0.4, 0.5) is 5.69 Å². The van der Waals surface area contributed by atoms with E-state index in [4.69, 9.17) is 0 Å². The predicted molar refractivity (Wildman–Crippen MR) is 56.8 cm³/mol. The molecule has 0 atom stereocenters. The molecule has 0 bridgehead atoms. The molecule has 0 aromatic heterocycles. The standard InChI is InChI=1S/C9H6INO/c1-5-6-3-2-4-7(10)8(6)11-9(5)12/h2-4H,1H2,(H,11,12). The fourth-order valence-corrected chi connectivity index (χ4v) is 1.85. The molecule has 0 unspecified atom stereocenters. The van der Waals surface area contributed by atoms with Crippen molar-refractivity contribution in [3.8, 4) is 0 Å². The summed E-state index contributed by atoms with van der Waals surface area (Å²) in [5, 5.41) is 2.77. The van der Waals surface area contributed by atoms with Gasteiger partial charge in [-0.25, -0.2) is 0 Å². The van der Waals surface area contributed by atoms with Crippen molar-refractivity contribution in [1.29, 1.82) is 0 Å². The molecule has 0 fully saturated rings. The molecule has 2 nitrogen and oxygen atoms in total. The molecule has 1 aromatic rings. The molecule has 60 valence electrons. The van der Waals surface area contributed by atoms with Crippen molar-refractivity contribution in [1.82, 2.24) is 0 Å². The highest BCUT2D eigenvalue weighted by atomic mass is 127. The summed E-state index contributed by atoms with van der Waals surface area (Å²) in [6, 6.07) is 5.78. The third-order valence-corrected chi connectivity index (χ3v) is 2.75. The van der Waals surface area contributed by atoms with E-state index in [9.17, 15) is 4.79 Å². The van der Waals surface area contributed by atoms with Gasteiger partial charge in [-0.3, -0.25) is 4.79 Å². The van der Waals surface area contributed by atoms with Gasteiger partial charge >= 0.3 is 0 Å². The van der Waals surface area contributed by atoms with E-state index in [2.05, 4.69) is 34.5 Å². The third kappa shape index (κ3) is 0.964. The molecule has 1 aliphatic heterocycles. The number of para-hydroxylation sites is 1. The first-order valence-corrected chi connectivity index (χ1v) is 4.57. The SMILES string of the molecule is C=C1C(=O)Nc2c(I)cccc21. The summed E-state index contributed by atoms with van der Waals surface area (Å²) in [6.07, 6.45) is 0. The second kappa shape index (κ2) is 2.58. The Labute approximate surface area is 83.8 Å². The maximum atomic E-state index is 11.2. The minimum absolute atomic E-state index is 0.0888. The van der Waals surface area contributed by atoms with E-state index >= 15 is 0 Å². The summed E-state index contributed by atoms with van der Waals surface area (Å²) in [4.78, 5) is 11.2. The first-order chi connectivity index (χ1) is 5.70. The van der Waals surface area contributed by atoms with Gasteiger partial charge in [0.2, 0.25) is 0 Å². The molecule has 0 radical (unpaired) electrons. The van der Waals surface area contributed by atoms with E-state index in [-0.39, 0.29) is 5.91 Å². The van der Waals surface area contributed by atoms with Gasteiger partial charge in [0.1, 0.15) is 0 Å². The number of fused-ring (bicyclic) bond motifs is 1. The largest absolute Gasteiger partial charge is 0.320 e. The van der Waals surface area contributed by atoms with Crippen molar-refractivity contribution >= 4 is 39.8 Å². The first kappa shape index (κ1) is 7.79. The number of hydrogen-bond acceptors (Lipinski definition) is 1. The molecule has 3 heteroatoms. The number of anilines is 1. The van der Waals surface area contributed by atoms with Gasteiger partial charge in [0, 0.05) is 14.7 Å². The van der Waals surface area contributed by atoms with Crippen LogP contribution in [0, 0.1) is 3.57 Å². The van der Waals surface area contributed by atoms with E-state index in [1.165, 1.54) is 0 Å². The molecule has 0 spiro atoms. The van der Waals surface area contributed by atoms with Crippen LogP contribution in [0.2, 0.25) is 0 Å². The number of rotatable bonds is 0. The van der Waals surface area contributed by atoms with Gasteiger partial charge in [-0.05, 0) is 28.7 Å². The zero-order valence-electron chi connectivity index (χ0n) is 6.23. The number of amides is 1. The lowest BCUT2D eigenvalue weighted by Gasteiger charge is -1.98. The molecule has 2 rings (SSSR count). The van der Waals surface area contributed by atoms with Crippen molar-refractivity contribution < 1.29 is 4.79 Å². The van der Waals surface area contributed by atoms with Gasteiger partial charge in [0.15, 0.2) is 0 Å². The van der Waals surface area contributed by atoms with Crippen LogP contribution in [0.1, 0.15) is 5.56 Å². The van der Waals surface area contributed by atoms with Gasteiger partial charge in [0.25, 0.3) is 5.91 Å². The van der Waals surface area contributed by atoms with E-state index < -0.39 is 0 Å². The fourth-order valence-electron chi connectivity index (χ4n) is 1.21. The van der Waals surface area contributed by atoms with Crippen molar-refractivity contribution in [2.45, 2.75) is 0 Å². The Hall–Kier alpha value is -0.840. The minimum atomic E-state index is -0.0888. The number of carbonyl (C=O) groups excluding carboxylic acids is 1. The smallest absolute Gasteiger partial charge is 0.255 e. The molecule has 0 aliphatic carbocycles. The molecule has 1 amide bonds. The Balaban J connectivity index is 2.68. The molecular weight excluding hydrogens is 265 g/mol. The summed E-state index contributed by atoms with van der Waals surface area (Å²) in [5.74, 6) is -0.0888. The number of carbonyl (C=O) groups is 1.